The molecule has 27 heavy (non-hydrogen) atoms. The fourth-order valence-corrected chi connectivity index (χ4v) is 6.02. The van der Waals surface area contributed by atoms with Crippen molar-refractivity contribution in [3.05, 3.63) is 11.6 Å². The van der Waals surface area contributed by atoms with Crippen LogP contribution in [0.1, 0.15) is 47.5 Å². The molecule has 1 aliphatic heterocycles. The van der Waals surface area contributed by atoms with Crippen molar-refractivity contribution in [2.45, 2.75) is 70.6 Å². The third kappa shape index (κ3) is 2.15. The third-order valence-corrected chi connectivity index (χ3v) is 7.32. The molecule has 3 aliphatic carbocycles. The van der Waals surface area contributed by atoms with Crippen LogP contribution in [0.4, 0.5) is 0 Å². The molecule has 150 valence electrons. The Balaban J connectivity index is 2.05. The number of ketones is 2. The molecule has 1 spiro atoms. The highest BCUT2D eigenvalue weighted by atomic mass is 17.2. The van der Waals surface area contributed by atoms with Gasteiger partial charge in [0.1, 0.15) is 11.4 Å². The Morgan fingerprint density at radius 1 is 1.19 bits per heavy atom. The van der Waals surface area contributed by atoms with Gasteiger partial charge in [-0.15, -0.1) is 0 Å². The number of hydrogen-bond acceptors (Lipinski definition) is 7. The van der Waals surface area contributed by atoms with Crippen molar-refractivity contribution in [3.8, 4) is 0 Å². The highest BCUT2D eigenvalue weighted by molar-refractivity contribution is 6.10. The van der Waals surface area contributed by atoms with E-state index < -0.39 is 52.2 Å². The summed E-state index contributed by atoms with van der Waals surface area (Å²) >= 11 is 0. The number of Topliss-reactive ketones (excluding diaryl/α,β-unsaturated/α-hetero) is 2. The highest BCUT2D eigenvalue weighted by Gasteiger charge is 2.76. The minimum Gasteiger partial charge on any atom is -0.390 e. The molecular formula is C20H28O7. The van der Waals surface area contributed by atoms with Crippen LogP contribution in [0, 0.1) is 29.1 Å². The number of aliphatic hydroxyl groups is 3. The largest absolute Gasteiger partial charge is 0.390 e. The lowest BCUT2D eigenvalue weighted by atomic mass is 9.55. The molecule has 0 radical (unpaired) electrons. The van der Waals surface area contributed by atoms with Gasteiger partial charge in [0.05, 0.1) is 23.0 Å². The molecule has 2 bridgehead atoms. The minimum absolute atomic E-state index is 0.153. The zero-order valence-electron chi connectivity index (χ0n) is 16.4. The quantitative estimate of drug-likeness (QED) is 0.579. The van der Waals surface area contributed by atoms with E-state index in [4.69, 9.17) is 9.78 Å². The maximum absolute atomic E-state index is 13.6. The molecule has 0 aromatic heterocycles. The average molecular weight is 380 g/mol. The number of carbonyl (C=O) groups is 2. The molecule has 4 aliphatic rings. The SMILES string of the molecule is C[C@@H]1C[C@@H](C(C)(C)O)[C@]2(O)OO[C@]3(C)C=C4C(=O)[C@@H](C)C[C@@]4(C1=O)[C@H]2[C@H]3O. The molecule has 4 rings (SSSR count). The van der Waals surface area contributed by atoms with E-state index in [1.54, 1.807) is 20.8 Å². The molecule has 0 amide bonds. The van der Waals surface area contributed by atoms with Gasteiger partial charge in [0.2, 0.25) is 5.79 Å². The number of fused-ring (bicyclic) bond motifs is 1. The third-order valence-electron chi connectivity index (χ3n) is 7.32. The van der Waals surface area contributed by atoms with E-state index in [1.807, 2.05) is 0 Å². The van der Waals surface area contributed by atoms with Gasteiger partial charge in [-0.05, 0) is 39.7 Å². The van der Waals surface area contributed by atoms with Crippen LogP contribution < -0.4 is 0 Å². The predicted octanol–water partition coefficient (Wildman–Crippen LogP) is 0.904. The van der Waals surface area contributed by atoms with Gasteiger partial charge in [0, 0.05) is 23.3 Å². The van der Waals surface area contributed by atoms with Gasteiger partial charge in [-0.1, -0.05) is 13.8 Å². The van der Waals surface area contributed by atoms with Crippen LogP contribution in [0.2, 0.25) is 0 Å². The Labute approximate surface area is 158 Å². The van der Waals surface area contributed by atoms with E-state index in [1.165, 1.54) is 19.9 Å². The van der Waals surface area contributed by atoms with Gasteiger partial charge >= 0.3 is 0 Å². The van der Waals surface area contributed by atoms with E-state index in [0.717, 1.165) is 0 Å². The summed E-state index contributed by atoms with van der Waals surface area (Å²) in [5, 5.41) is 33.6. The van der Waals surface area contributed by atoms with Crippen molar-refractivity contribution in [2.24, 2.45) is 29.1 Å². The summed E-state index contributed by atoms with van der Waals surface area (Å²) in [7, 11) is 0. The van der Waals surface area contributed by atoms with Crippen LogP contribution in [0.5, 0.6) is 0 Å². The van der Waals surface area contributed by atoms with Crippen LogP contribution in [0.15, 0.2) is 11.6 Å². The molecule has 1 saturated heterocycles. The van der Waals surface area contributed by atoms with Crippen LogP contribution >= 0.6 is 0 Å². The van der Waals surface area contributed by atoms with E-state index in [0.29, 0.717) is 5.57 Å². The maximum Gasteiger partial charge on any atom is 0.211 e. The van der Waals surface area contributed by atoms with Crippen molar-refractivity contribution < 1.29 is 34.7 Å². The summed E-state index contributed by atoms with van der Waals surface area (Å²) < 4.78 is 0. The number of rotatable bonds is 1. The Hall–Kier alpha value is -1.12. The summed E-state index contributed by atoms with van der Waals surface area (Å²) in [5.74, 6) is -5.39. The van der Waals surface area contributed by atoms with E-state index in [2.05, 4.69) is 0 Å². The smallest absolute Gasteiger partial charge is 0.211 e. The molecule has 0 aromatic rings. The molecule has 3 fully saturated rings. The monoisotopic (exact) mass is 380 g/mol. The van der Waals surface area contributed by atoms with Gasteiger partial charge in [0.25, 0.3) is 0 Å². The van der Waals surface area contributed by atoms with Crippen molar-refractivity contribution in [3.63, 3.8) is 0 Å². The maximum atomic E-state index is 13.6. The van der Waals surface area contributed by atoms with Crippen molar-refractivity contribution in [2.75, 3.05) is 0 Å². The molecule has 7 heteroatoms. The Morgan fingerprint density at radius 2 is 1.81 bits per heavy atom. The van der Waals surface area contributed by atoms with Crippen LogP contribution in [-0.2, 0) is 19.4 Å². The van der Waals surface area contributed by atoms with E-state index >= 15 is 0 Å². The van der Waals surface area contributed by atoms with Crippen molar-refractivity contribution in [1.82, 2.24) is 0 Å². The van der Waals surface area contributed by atoms with Crippen LogP contribution in [0.25, 0.3) is 0 Å². The summed E-state index contributed by atoms with van der Waals surface area (Å²) in [6.07, 6.45) is 0.606. The Morgan fingerprint density at radius 3 is 2.41 bits per heavy atom. The number of allylic oxidation sites excluding steroid dienone is 1. The molecule has 2 saturated carbocycles. The zero-order chi connectivity index (χ0) is 20.2. The summed E-state index contributed by atoms with van der Waals surface area (Å²) in [6.45, 7) is 8.14. The van der Waals surface area contributed by atoms with Gasteiger partial charge in [-0.3, -0.25) is 9.59 Å². The van der Waals surface area contributed by atoms with Crippen molar-refractivity contribution in [1.29, 1.82) is 0 Å². The van der Waals surface area contributed by atoms with Gasteiger partial charge in [-0.25, -0.2) is 4.89 Å². The lowest BCUT2D eigenvalue weighted by Gasteiger charge is -2.58. The summed E-state index contributed by atoms with van der Waals surface area (Å²) in [5.41, 5.74) is -3.79. The summed E-state index contributed by atoms with van der Waals surface area (Å²) in [4.78, 5) is 37.5. The first-order valence-corrected chi connectivity index (χ1v) is 9.60. The summed E-state index contributed by atoms with van der Waals surface area (Å²) in [6, 6.07) is 0. The molecule has 0 aromatic carbocycles. The first-order valence-electron chi connectivity index (χ1n) is 9.60. The van der Waals surface area contributed by atoms with Crippen molar-refractivity contribution >= 4 is 11.6 Å². The van der Waals surface area contributed by atoms with E-state index in [9.17, 15) is 24.9 Å². The van der Waals surface area contributed by atoms with E-state index in [-0.39, 0.29) is 24.4 Å². The molecule has 7 nitrogen and oxygen atoms in total. The molecule has 8 atom stereocenters. The second kappa shape index (κ2) is 5.27. The van der Waals surface area contributed by atoms with Crippen LogP contribution in [-0.4, -0.2) is 50.0 Å². The minimum atomic E-state index is -2.11. The van der Waals surface area contributed by atoms with Crippen LogP contribution in [0.3, 0.4) is 0 Å². The Bertz CT molecular complexity index is 752. The first-order chi connectivity index (χ1) is 12.3. The van der Waals surface area contributed by atoms with Gasteiger partial charge in [0.15, 0.2) is 5.78 Å². The topological polar surface area (TPSA) is 113 Å². The fourth-order valence-electron chi connectivity index (χ4n) is 6.02. The normalized spacial score (nSPS) is 52.3. The van der Waals surface area contributed by atoms with Gasteiger partial charge < -0.3 is 15.3 Å². The van der Waals surface area contributed by atoms with Gasteiger partial charge in [-0.2, -0.15) is 4.89 Å². The average Bonchev–Trinajstić information content (AvgIpc) is 2.75. The Kier molecular flexibility index (Phi) is 3.75. The fraction of sp³-hybridized carbons (Fsp3) is 0.800. The lowest BCUT2D eigenvalue weighted by Crippen LogP contribution is -2.71. The second-order valence-electron chi connectivity index (χ2n) is 9.73. The first kappa shape index (κ1) is 19.2. The second-order valence-corrected chi connectivity index (χ2v) is 9.73. The molecular weight excluding hydrogens is 352 g/mol. The standard InChI is InChI=1S/C20H28O7/c1-9-6-12(17(3,4)24)20(25)14-16(23)18(5,26-27-20)8-11-13(21)10(2)7-19(11,14)15(9)22/h8-10,12,14,16,23-25H,6-7H2,1-5H3/t9-,10+,12+,14-,16-,18-,19+,20+/m1/s1. The molecule has 1 heterocycles. The number of hydrogen-bond donors (Lipinski definition) is 3. The number of carbonyl (C=O) groups excluding carboxylic acids is 2. The zero-order valence-corrected chi connectivity index (χ0v) is 16.4. The number of aliphatic hydroxyl groups excluding tert-OH is 1. The molecule has 3 N–H and O–H groups in total. The highest BCUT2D eigenvalue weighted by Crippen LogP contribution is 2.65. The predicted molar refractivity (Wildman–Crippen MR) is 92.9 cm³/mol. The lowest BCUT2D eigenvalue weighted by molar-refractivity contribution is -0.530. The molecule has 0 unspecified atom stereocenters.